The van der Waals surface area contributed by atoms with Crippen molar-refractivity contribution in [2.24, 2.45) is 0 Å². The highest BCUT2D eigenvalue weighted by Crippen LogP contribution is 2.10. The fraction of sp³-hybridized carbons (Fsp3) is 0.333. The standard InChI is InChI=1S/C18H24N2/c1-3-15-7-9-16(10-8-15)11-12-20(2)14-17-5-4-6-18(19)13-17/h4-10,13H,3,11-12,14,19H2,1-2H3. The lowest BCUT2D eigenvalue weighted by molar-refractivity contribution is 0.331. The van der Waals surface area contributed by atoms with Gasteiger partial charge >= 0.3 is 0 Å². The first-order chi connectivity index (χ1) is 9.67. The van der Waals surface area contributed by atoms with Crippen molar-refractivity contribution in [1.29, 1.82) is 0 Å². The maximum Gasteiger partial charge on any atom is 0.0317 e. The number of nitrogen functional groups attached to an aromatic ring is 1. The SMILES string of the molecule is CCc1ccc(CCN(C)Cc2cccc(N)c2)cc1. The minimum Gasteiger partial charge on any atom is -0.399 e. The molecule has 0 radical (unpaired) electrons. The summed E-state index contributed by atoms with van der Waals surface area (Å²) < 4.78 is 0. The maximum absolute atomic E-state index is 5.81. The molecule has 0 saturated carbocycles. The molecule has 0 amide bonds. The van der Waals surface area contributed by atoms with E-state index >= 15 is 0 Å². The Labute approximate surface area is 122 Å². The zero-order valence-electron chi connectivity index (χ0n) is 12.5. The van der Waals surface area contributed by atoms with E-state index in [9.17, 15) is 0 Å². The Morgan fingerprint density at radius 1 is 0.950 bits per heavy atom. The Hall–Kier alpha value is -1.80. The van der Waals surface area contributed by atoms with Crippen LogP contribution in [0, 0.1) is 0 Å². The smallest absolute Gasteiger partial charge is 0.0317 e. The summed E-state index contributed by atoms with van der Waals surface area (Å²) in [6, 6.07) is 17.1. The van der Waals surface area contributed by atoms with Crippen molar-refractivity contribution >= 4 is 5.69 Å². The number of hydrogen-bond acceptors (Lipinski definition) is 2. The molecule has 0 spiro atoms. The number of anilines is 1. The molecule has 106 valence electrons. The van der Waals surface area contributed by atoms with Crippen LogP contribution in [0.25, 0.3) is 0 Å². The highest BCUT2D eigenvalue weighted by Gasteiger charge is 2.02. The third-order valence-corrected chi connectivity index (χ3v) is 3.62. The van der Waals surface area contributed by atoms with Crippen LogP contribution >= 0.6 is 0 Å². The molecular weight excluding hydrogens is 244 g/mol. The van der Waals surface area contributed by atoms with Crippen LogP contribution in [0.3, 0.4) is 0 Å². The van der Waals surface area contributed by atoms with E-state index in [0.717, 1.165) is 31.6 Å². The van der Waals surface area contributed by atoms with Crippen molar-refractivity contribution in [2.75, 3.05) is 19.3 Å². The number of aryl methyl sites for hydroxylation is 1. The summed E-state index contributed by atoms with van der Waals surface area (Å²) in [7, 11) is 2.16. The fourth-order valence-electron chi connectivity index (χ4n) is 2.34. The van der Waals surface area contributed by atoms with Gasteiger partial charge in [-0.1, -0.05) is 43.3 Å². The van der Waals surface area contributed by atoms with Crippen LogP contribution in [-0.2, 0) is 19.4 Å². The first-order valence-corrected chi connectivity index (χ1v) is 7.28. The first-order valence-electron chi connectivity index (χ1n) is 7.28. The lowest BCUT2D eigenvalue weighted by atomic mass is 10.1. The topological polar surface area (TPSA) is 29.3 Å². The Morgan fingerprint density at radius 2 is 1.65 bits per heavy atom. The molecule has 0 unspecified atom stereocenters. The van der Waals surface area contributed by atoms with Gasteiger partial charge in [0.15, 0.2) is 0 Å². The molecule has 0 saturated heterocycles. The molecule has 2 rings (SSSR count). The van der Waals surface area contributed by atoms with E-state index in [1.165, 1.54) is 16.7 Å². The van der Waals surface area contributed by atoms with E-state index in [1.807, 2.05) is 18.2 Å². The molecule has 0 bridgehead atoms. The Morgan fingerprint density at radius 3 is 2.30 bits per heavy atom. The van der Waals surface area contributed by atoms with Gasteiger partial charge in [-0.2, -0.15) is 0 Å². The van der Waals surface area contributed by atoms with E-state index in [2.05, 4.69) is 49.2 Å². The summed E-state index contributed by atoms with van der Waals surface area (Å²) >= 11 is 0. The second-order valence-electron chi connectivity index (χ2n) is 5.40. The predicted octanol–water partition coefficient (Wildman–Crippen LogP) is 3.51. The van der Waals surface area contributed by atoms with E-state index in [1.54, 1.807) is 0 Å². The third-order valence-electron chi connectivity index (χ3n) is 3.62. The van der Waals surface area contributed by atoms with Crippen molar-refractivity contribution < 1.29 is 0 Å². The van der Waals surface area contributed by atoms with Gasteiger partial charge in [0.05, 0.1) is 0 Å². The number of rotatable bonds is 6. The molecule has 0 heterocycles. The number of benzene rings is 2. The normalized spacial score (nSPS) is 10.9. The molecule has 20 heavy (non-hydrogen) atoms. The van der Waals surface area contributed by atoms with Crippen LogP contribution in [0.15, 0.2) is 48.5 Å². The van der Waals surface area contributed by atoms with Gasteiger partial charge in [-0.25, -0.2) is 0 Å². The van der Waals surface area contributed by atoms with Crippen molar-refractivity contribution in [1.82, 2.24) is 4.90 Å². The van der Waals surface area contributed by atoms with Crippen LogP contribution in [0.1, 0.15) is 23.6 Å². The predicted molar refractivity (Wildman–Crippen MR) is 86.7 cm³/mol. The molecular formula is C18H24N2. The maximum atomic E-state index is 5.81. The number of nitrogens with two attached hydrogens (primary N) is 1. The second kappa shape index (κ2) is 7.11. The molecule has 2 aromatic carbocycles. The number of likely N-dealkylation sites (N-methyl/N-ethyl adjacent to an activating group) is 1. The Kier molecular flexibility index (Phi) is 5.19. The average Bonchev–Trinajstić information content (AvgIpc) is 2.46. The summed E-state index contributed by atoms with van der Waals surface area (Å²) in [5.74, 6) is 0. The fourth-order valence-corrected chi connectivity index (χ4v) is 2.34. The molecule has 0 aliphatic carbocycles. The highest BCUT2D eigenvalue weighted by atomic mass is 15.1. The van der Waals surface area contributed by atoms with Crippen LogP contribution in [0.2, 0.25) is 0 Å². The molecule has 0 atom stereocenters. The minimum absolute atomic E-state index is 0.839. The van der Waals surface area contributed by atoms with Gasteiger partial charge in [0.1, 0.15) is 0 Å². The van der Waals surface area contributed by atoms with Crippen LogP contribution < -0.4 is 5.73 Å². The highest BCUT2D eigenvalue weighted by molar-refractivity contribution is 5.40. The van der Waals surface area contributed by atoms with Crippen molar-refractivity contribution in [3.63, 3.8) is 0 Å². The largest absolute Gasteiger partial charge is 0.399 e. The van der Waals surface area contributed by atoms with Crippen LogP contribution in [0.5, 0.6) is 0 Å². The van der Waals surface area contributed by atoms with Gasteiger partial charge in [0, 0.05) is 18.8 Å². The summed E-state index contributed by atoms with van der Waals surface area (Å²) in [5.41, 5.74) is 10.7. The number of nitrogens with zero attached hydrogens (tertiary/aromatic N) is 1. The van der Waals surface area contributed by atoms with Gasteiger partial charge in [-0.15, -0.1) is 0 Å². The van der Waals surface area contributed by atoms with Gasteiger partial charge < -0.3 is 10.6 Å². The molecule has 2 N–H and O–H groups in total. The molecule has 2 heteroatoms. The van der Waals surface area contributed by atoms with E-state index in [4.69, 9.17) is 5.73 Å². The zero-order valence-corrected chi connectivity index (χ0v) is 12.5. The van der Waals surface area contributed by atoms with Gasteiger partial charge in [-0.05, 0) is 48.7 Å². The monoisotopic (exact) mass is 268 g/mol. The summed E-state index contributed by atoms with van der Waals surface area (Å²) in [5, 5.41) is 0. The molecule has 0 fully saturated rings. The summed E-state index contributed by atoms with van der Waals surface area (Å²) in [4.78, 5) is 2.34. The summed E-state index contributed by atoms with van der Waals surface area (Å²) in [6.45, 7) is 4.19. The quantitative estimate of drug-likeness (QED) is 0.812. The lowest BCUT2D eigenvalue weighted by Gasteiger charge is -2.17. The number of hydrogen-bond donors (Lipinski definition) is 1. The first kappa shape index (κ1) is 14.6. The lowest BCUT2D eigenvalue weighted by Crippen LogP contribution is -2.20. The van der Waals surface area contributed by atoms with Crippen molar-refractivity contribution in [3.8, 4) is 0 Å². The molecule has 2 aromatic rings. The Balaban J connectivity index is 1.83. The second-order valence-corrected chi connectivity index (χ2v) is 5.40. The van der Waals surface area contributed by atoms with E-state index in [0.29, 0.717) is 0 Å². The van der Waals surface area contributed by atoms with E-state index < -0.39 is 0 Å². The molecule has 2 nitrogen and oxygen atoms in total. The average molecular weight is 268 g/mol. The van der Waals surface area contributed by atoms with Gasteiger partial charge in [0.25, 0.3) is 0 Å². The third kappa shape index (κ3) is 4.39. The molecule has 0 aliphatic heterocycles. The summed E-state index contributed by atoms with van der Waals surface area (Å²) in [6.07, 6.45) is 2.19. The Bertz CT molecular complexity index is 531. The van der Waals surface area contributed by atoms with Gasteiger partial charge in [0.2, 0.25) is 0 Å². The van der Waals surface area contributed by atoms with Gasteiger partial charge in [-0.3, -0.25) is 0 Å². The van der Waals surface area contributed by atoms with E-state index in [-0.39, 0.29) is 0 Å². The van der Waals surface area contributed by atoms with Crippen LogP contribution in [0.4, 0.5) is 5.69 Å². The van der Waals surface area contributed by atoms with Crippen LogP contribution in [-0.4, -0.2) is 18.5 Å². The molecule has 0 aliphatic rings. The van der Waals surface area contributed by atoms with Crippen molar-refractivity contribution in [2.45, 2.75) is 26.3 Å². The zero-order chi connectivity index (χ0) is 14.4. The minimum atomic E-state index is 0.839. The van der Waals surface area contributed by atoms with Crippen molar-refractivity contribution in [3.05, 3.63) is 65.2 Å². The molecule has 0 aromatic heterocycles.